The van der Waals surface area contributed by atoms with Crippen LogP contribution >= 0.6 is 23.1 Å². The molecule has 0 fully saturated rings. The summed E-state index contributed by atoms with van der Waals surface area (Å²) in [5.74, 6) is -0.542. The van der Waals surface area contributed by atoms with Crippen LogP contribution < -0.4 is 5.32 Å². The van der Waals surface area contributed by atoms with E-state index in [1.54, 1.807) is 11.6 Å². The molecule has 0 saturated carbocycles. The maximum absolute atomic E-state index is 13.2. The van der Waals surface area contributed by atoms with Crippen molar-refractivity contribution in [3.05, 3.63) is 46.3 Å². The van der Waals surface area contributed by atoms with Crippen LogP contribution in [0.1, 0.15) is 53.9 Å². The highest BCUT2D eigenvalue weighted by Crippen LogP contribution is 2.39. The molecule has 0 bridgehead atoms. The molecule has 0 unspecified atom stereocenters. The number of tetrazole rings is 1. The van der Waals surface area contributed by atoms with Crippen molar-refractivity contribution < 1.29 is 14.3 Å². The summed E-state index contributed by atoms with van der Waals surface area (Å²) in [4.78, 5) is 27.1. The summed E-state index contributed by atoms with van der Waals surface area (Å²) in [6, 6.07) is 9.55. The van der Waals surface area contributed by atoms with Crippen LogP contribution in [0.3, 0.4) is 0 Å². The Balaban J connectivity index is 1.56. The number of hydrogen-bond acceptors (Lipinski definition) is 8. The molecular formula is C22H25N5O3S2. The van der Waals surface area contributed by atoms with Crippen LogP contribution in [0.4, 0.5) is 5.00 Å². The van der Waals surface area contributed by atoms with Crippen LogP contribution in [0, 0.1) is 0 Å². The van der Waals surface area contributed by atoms with Gasteiger partial charge in [-0.15, -0.1) is 16.4 Å². The van der Waals surface area contributed by atoms with Gasteiger partial charge in [0.05, 0.1) is 23.1 Å². The van der Waals surface area contributed by atoms with Gasteiger partial charge in [0.25, 0.3) is 0 Å². The van der Waals surface area contributed by atoms with Crippen molar-refractivity contribution in [2.24, 2.45) is 0 Å². The molecule has 1 atom stereocenters. The van der Waals surface area contributed by atoms with Gasteiger partial charge in [0.2, 0.25) is 11.1 Å². The minimum atomic E-state index is -0.419. The fourth-order valence-electron chi connectivity index (χ4n) is 3.70. The molecule has 10 heteroatoms. The molecular weight excluding hydrogens is 446 g/mol. The number of rotatable bonds is 8. The maximum Gasteiger partial charge on any atom is 0.341 e. The highest BCUT2D eigenvalue weighted by molar-refractivity contribution is 8.00. The number of aromatic nitrogens is 4. The molecule has 0 radical (unpaired) electrons. The fraction of sp³-hybridized carbons (Fsp3) is 0.409. The zero-order valence-electron chi connectivity index (χ0n) is 18.0. The molecule has 1 amide bonds. The Morgan fingerprint density at radius 3 is 2.75 bits per heavy atom. The average Bonchev–Trinajstić information content (AvgIpc) is 3.42. The molecule has 1 aromatic carbocycles. The van der Waals surface area contributed by atoms with E-state index in [1.165, 1.54) is 28.0 Å². The molecule has 168 valence electrons. The molecule has 3 aromatic rings. The van der Waals surface area contributed by atoms with Gasteiger partial charge in [-0.25, -0.2) is 4.79 Å². The number of para-hydroxylation sites is 1. The number of carbonyl (C=O) groups excluding carboxylic acids is 2. The standard InChI is InChI=1S/C22H25N5O3S2/c1-3-16(32-22-24-25-26-27(22)14-10-6-5-7-11-14)19(28)23-20-18(21(29)30-4-2)15-12-8-9-13-17(15)31-20/h5-7,10-11,16H,3-4,8-9,12-13H2,1-2H3,(H,23,28)/t16-/m1/s1. The number of carbonyl (C=O) groups is 2. The first-order valence-corrected chi connectivity index (χ1v) is 12.4. The fourth-order valence-corrected chi connectivity index (χ4v) is 5.89. The van der Waals surface area contributed by atoms with Gasteiger partial charge in [-0.1, -0.05) is 36.9 Å². The lowest BCUT2D eigenvalue weighted by molar-refractivity contribution is -0.115. The third-order valence-electron chi connectivity index (χ3n) is 5.24. The number of hydrogen-bond donors (Lipinski definition) is 1. The molecule has 0 aliphatic heterocycles. The zero-order valence-corrected chi connectivity index (χ0v) is 19.7. The van der Waals surface area contributed by atoms with Gasteiger partial charge in [0, 0.05) is 4.88 Å². The Morgan fingerprint density at radius 2 is 2.00 bits per heavy atom. The van der Waals surface area contributed by atoms with E-state index in [-0.39, 0.29) is 11.9 Å². The van der Waals surface area contributed by atoms with Gasteiger partial charge in [0.15, 0.2) is 0 Å². The molecule has 1 N–H and O–H groups in total. The van der Waals surface area contributed by atoms with Crippen molar-refractivity contribution >= 4 is 40.0 Å². The van der Waals surface area contributed by atoms with E-state index >= 15 is 0 Å². The second-order valence-electron chi connectivity index (χ2n) is 7.35. The third kappa shape index (κ3) is 4.71. The number of thiophene rings is 1. The predicted molar refractivity (Wildman–Crippen MR) is 125 cm³/mol. The van der Waals surface area contributed by atoms with E-state index in [0.29, 0.717) is 28.7 Å². The second-order valence-corrected chi connectivity index (χ2v) is 9.62. The first-order chi connectivity index (χ1) is 15.6. The summed E-state index contributed by atoms with van der Waals surface area (Å²) >= 11 is 2.80. The van der Waals surface area contributed by atoms with Crippen LogP contribution in [0.5, 0.6) is 0 Å². The number of nitrogens with zero attached hydrogens (tertiary/aromatic N) is 4. The number of ether oxygens (including phenoxy) is 1. The molecule has 8 nitrogen and oxygen atoms in total. The highest BCUT2D eigenvalue weighted by atomic mass is 32.2. The molecule has 1 aliphatic carbocycles. The number of amides is 1. The number of benzene rings is 1. The van der Waals surface area contributed by atoms with Crippen molar-refractivity contribution in [1.82, 2.24) is 20.2 Å². The molecule has 32 heavy (non-hydrogen) atoms. The lowest BCUT2D eigenvalue weighted by Crippen LogP contribution is -2.25. The van der Waals surface area contributed by atoms with Crippen LogP contribution in [-0.4, -0.2) is 43.9 Å². The number of nitrogens with one attached hydrogen (secondary N) is 1. The van der Waals surface area contributed by atoms with Gasteiger partial charge >= 0.3 is 5.97 Å². The molecule has 4 rings (SSSR count). The van der Waals surface area contributed by atoms with Gasteiger partial charge in [-0.05, 0) is 67.2 Å². The van der Waals surface area contributed by atoms with Crippen molar-refractivity contribution in [1.29, 1.82) is 0 Å². The summed E-state index contributed by atoms with van der Waals surface area (Å²) in [7, 11) is 0. The Kier molecular flexibility index (Phi) is 7.21. The maximum atomic E-state index is 13.2. The second kappa shape index (κ2) is 10.3. The monoisotopic (exact) mass is 471 g/mol. The van der Waals surface area contributed by atoms with Gasteiger partial charge in [-0.3, -0.25) is 4.79 Å². The van der Waals surface area contributed by atoms with Crippen molar-refractivity contribution in [3.63, 3.8) is 0 Å². The summed E-state index contributed by atoms with van der Waals surface area (Å²) < 4.78 is 6.91. The minimum Gasteiger partial charge on any atom is -0.462 e. The number of esters is 1. The highest BCUT2D eigenvalue weighted by Gasteiger charge is 2.29. The Morgan fingerprint density at radius 1 is 1.22 bits per heavy atom. The number of thioether (sulfide) groups is 1. The molecule has 2 heterocycles. The summed E-state index contributed by atoms with van der Waals surface area (Å²) in [5.41, 5.74) is 2.38. The lowest BCUT2D eigenvalue weighted by Gasteiger charge is -2.15. The van der Waals surface area contributed by atoms with Crippen LogP contribution in [0.25, 0.3) is 5.69 Å². The van der Waals surface area contributed by atoms with Crippen molar-refractivity contribution in [2.75, 3.05) is 11.9 Å². The average molecular weight is 472 g/mol. The number of aryl methyl sites for hydroxylation is 1. The topological polar surface area (TPSA) is 99.0 Å². The summed E-state index contributed by atoms with van der Waals surface area (Å²) in [5, 5.41) is 15.7. The Bertz CT molecular complexity index is 1100. The van der Waals surface area contributed by atoms with Crippen LogP contribution in [0.15, 0.2) is 35.5 Å². The van der Waals surface area contributed by atoms with Crippen molar-refractivity contribution in [2.45, 2.75) is 56.4 Å². The van der Waals surface area contributed by atoms with Gasteiger partial charge < -0.3 is 10.1 Å². The number of anilines is 1. The van der Waals surface area contributed by atoms with Gasteiger partial charge in [0.1, 0.15) is 5.00 Å². The van der Waals surface area contributed by atoms with E-state index in [1.807, 2.05) is 37.3 Å². The lowest BCUT2D eigenvalue weighted by atomic mass is 9.95. The smallest absolute Gasteiger partial charge is 0.341 e. The van der Waals surface area contributed by atoms with E-state index in [0.717, 1.165) is 36.9 Å². The predicted octanol–water partition coefficient (Wildman–Crippen LogP) is 4.29. The quantitative estimate of drug-likeness (QED) is 0.386. The summed E-state index contributed by atoms with van der Waals surface area (Å²) in [6.45, 7) is 4.03. The molecule has 0 saturated heterocycles. The third-order valence-corrected chi connectivity index (χ3v) is 7.74. The van der Waals surface area contributed by atoms with E-state index in [2.05, 4.69) is 20.8 Å². The van der Waals surface area contributed by atoms with Gasteiger partial charge in [-0.2, -0.15) is 4.68 Å². The largest absolute Gasteiger partial charge is 0.462 e. The van der Waals surface area contributed by atoms with E-state index in [9.17, 15) is 9.59 Å². The molecule has 0 spiro atoms. The van der Waals surface area contributed by atoms with E-state index < -0.39 is 5.25 Å². The minimum absolute atomic E-state index is 0.177. The first kappa shape index (κ1) is 22.5. The molecule has 1 aliphatic rings. The Hall–Kier alpha value is -2.72. The number of fused-ring (bicyclic) bond motifs is 1. The van der Waals surface area contributed by atoms with E-state index in [4.69, 9.17) is 4.74 Å². The van der Waals surface area contributed by atoms with Crippen molar-refractivity contribution in [3.8, 4) is 5.69 Å². The SMILES string of the molecule is CCOC(=O)c1c(NC(=O)[C@@H](CC)Sc2nnnn2-c2ccccc2)sc2c1CCCC2. The normalized spacial score (nSPS) is 13.9. The van der Waals surface area contributed by atoms with Crippen LogP contribution in [-0.2, 0) is 22.4 Å². The summed E-state index contributed by atoms with van der Waals surface area (Å²) in [6.07, 6.45) is 4.49. The zero-order chi connectivity index (χ0) is 22.5. The Labute approximate surface area is 194 Å². The van der Waals surface area contributed by atoms with Crippen LogP contribution in [0.2, 0.25) is 0 Å². The first-order valence-electron chi connectivity index (χ1n) is 10.7. The molecule has 2 aromatic heterocycles.